The molecule has 0 heterocycles. The Hall–Kier alpha value is -1.09. The minimum atomic E-state index is -3.90. The van der Waals surface area contributed by atoms with E-state index in [1.807, 2.05) is 6.07 Å². The summed E-state index contributed by atoms with van der Waals surface area (Å²) in [5, 5.41) is 17.9. The molecule has 86 valence electrons. The average Bonchev–Trinajstić information content (AvgIpc) is 2.25. The smallest absolute Gasteiger partial charge is 0.261 e. The summed E-state index contributed by atoms with van der Waals surface area (Å²) in [6.07, 6.45) is 0.385. The lowest BCUT2D eigenvalue weighted by molar-refractivity contribution is 0.281. The van der Waals surface area contributed by atoms with Gasteiger partial charge in [-0.1, -0.05) is 6.92 Å². The molecule has 0 bridgehead atoms. The predicted octanol–water partition coefficient (Wildman–Crippen LogP) is 1.54. The predicted molar refractivity (Wildman–Crippen MR) is 59.5 cm³/mol. The molecular formula is C10H10ClNO3S. The van der Waals surface area contributed by atoms with Crippen molar-refractivity contribution in [1.82, 2.24) is 0 Å². The van der Waals surface area contributed by atoms with Crippen LogP contribution in [0.5, 0.6) is 0 Å². The van der Waals surface area contributed by atoms with Crippen LogP contribution in [0.1, 0.15) is 23.6 Å². The van der Waals surface area contributed by atoms with Gasteiger partial charge in [0.2, 0.25) is 0 Å². The molecule has 16 heavy (non-hydrogen) atoms. The molecule has 1 rings (SSSR count). The van der Waals surface area contributed by atoms with Crippen molar-refractivity contribution < 1.29 is 13.5 Å². The summed E-state index contributed by atoms with van der Waals surface area (Å²) < 4.78 is 22.6. The number of hydrogen-bond donors (Lipinski definition) is 1. The Morgan fingerprint density at radius 1 is 1.50 bits per heavy atom. The number of rotatable bonds is 3. The SMILES string of the molecule is CCc1c(C#N)cc(CO)cc1S(=O)(=O)Cl. The zero-order chi connectivity index (χ0) is 12.3. The van der Waals surface area contributed by atoms with Crippen LogP contribution in [0.4, 0.5) is 0 Å². The van der Waals surface area contributed by atoms with Gasteiger partial charge in [0, 0.05) is 10.7 Å². The zero-order valence-corrected chi connectivity index (χ0v) is 10.1. The van der Waals surface area contributed by atoms with Crippen molar-refractivity contribution in [2.45, 2.75) is 24.8 Å². The molecule has 1 aromatic rings. The number of aliphatic hydroxyl groups excluding tert-OH is 1. The third-order valence-electron chi connectivity index (χ3n) is 2.19. The minimum absolute atomic E-state index is 0.0974. The van der Waals surface area contributed by atoms with Crippen LogP contribution in [0.2, 0.25) is 0 Å². The normalized spacial score (nSPS) is 11.1. The second-order valence-corrected chi connectivity index (χ2v) is 5.72. The Bertz CT molecular complexity index is 546. The summed E-state index contributed by atoms with van der Waals surface area (Å²) in [5.41, 5.74) is 0.968. The van der Waals surface area contributed by atoms with Crippen LogP contribution in [-0.2, 0) is 22.1 Å². The molecule has 0 aromatic heterocycles. The van der Waals surface area contributed by atoms with Gasteiger partial charge in [-0.2, -0.15) is 5.26 Å². The van der Waals surface area contributed by atoms with E-state index in [-0.39, 0.29) is 17.1 Å². The molecule has 1 aromatic carbocycles. The largest absolute Gasteiger partial charge is 0.392 e. The van der Waals surface area contributed by atoms with Crippen molar-refractivity contribution in [2.24, 2.45) is 0 Å². The van der Waals surface area contributed by atoms with Crippen LogP contribution in [-0.4, -0.2) is 13.5 Å². The first kappa shape index (κ1) is 13.0. The summed E-state index contributed by atoms with van der Waals surface area (Å²) in [6.45, 7) is 1.40. The maximum Gasteiger partial charge on any atom is 0.261 e. The van der Waals surface area contributed by atoms with E-state index in [2.05, 4.69) is 0 Å². The highest BCUT2D eigenvalue weighted by Crippen LogP contribution is 2.25. The molecule has 0 aliphatic heterocycles. The molecule has 0 saturated carbocycles. The van der Waals surface area contributed by atoms with Crippen LogP contribution in [0.3, 0.4) is 0 Å². The number of halogens is 1. The van der Waals surface area contributed by atoms with Crippen molar-refractivity contribution in [1.29, 1.82) is 5.26 Å². The fraction of sp³-hybridized carbons (Fsp3) is 0.300. The Labute approximate surface area is 98.5 Å². The van der Waals surface area contributed by atoms with Gasteiger partial charge in [0.25, 0.3) is 9.05 Å². The van der Waals surface area contributed by atoms with Gasteiger partial charge in [-0.25, -0.2) is 8.42 Å². The molecule has 0 fully saturated rings. The third-order valence-corrected chi connectivity index (χ3v) is 3.58. The van der Waals surface area contributed by atoms with Gasteiger partial charge >= 0.3 is 0 Å². The fourth-order valence-electron chi connectivity index (χ4n) is 1.48. The Kier molecular flexibility index (Phi) is 3.92. The molecule has 0 saturated heterocycles. The zero-order valence-electron chi connectivity index (χ0n) is 8.57. The highest BCUT2D eigenvalue weighted by atomic mass is 35.7. The summed E-state index contributed by atoms with van der Waals surface area (Å²) in [6, 6.07) is 4.66. The van der Waals surface area contributed by atoms with E-state index in [4.69, 9.17) is 21.1 Å². The maximum atomic E-state index is 11.3. The van der Waals surface area contributed by atoms with Crippen LogP contribution in [0.25, 0.3) is 0 Å². The summed E-state index contributed by atoms with van der Waals surface area (Å²) >= 11 is 0. The maximum absolute atomic E-state index is 11.3. The molecule has 0 unspecified atom stereocenters. The van der Waals surface area contributed by atoms with Crippen LogP contribution in [0, 0.1) is 11.3 Å². The first-order valence-corrected chi connectivity index (χ1v) is 6.86. The van der Waals surface area contributed by atoms with Crippen molar-refractivity contribution in [2.75, 3.05) is 0 Å². The van der Waals surface area contributed by atoms with E-state index < -0.39 is 9.05 Å². The standard InChI is InChI=1S/C10H10ClNO3S/c1-2-9-8(5-12)3-7(6-13)4-10(9)16(11,14)15/h3-4,13H,2,6H2,1H3. The van der Waals surface area contributed by atoms with Gasteiger partial charge in [0.1, 0.15) is 0 Å². The summed E-state index contributed by atoms with van der Waals surface area (Å²) in [5.74, 6) is 0. The van der Waals surface area contributed by atoms with Gasteiger partial charge < -0.3 is 5.11 Å². The van der Waals surface area contributed by atoms with Crippen molar-refractivity contribution in [3.63, 3.8) is 0 Å². The van der Waals surface area contributed by atoms with Crippen molar-refractivity contribution >= 4 is 19.7 Å². The molecule has 6 heteroatoms. The van der Waals surface area contributed by atoms with E-state index >= 15 is 0 Å². The summed E-state index contributed by atoms with van der Waals surface area (Å²) in [7, 11) is 1.38. The number of nitriles is 1. The Morgan fingerprint density at radius 2 is 2.12 bits per heavy atom. The number of benzene rings is 1. The average molecular weight is 260 g/mol. The first-order chi connectivity index (χ1) is 7.43. The highest BCUT2D eigenvalue weighted by molar-refractivity contribution is 8.13. The van der Waals surface area contributed by atoms with E-state index in [9.17, 15) is 8.42 Å². The minimum Gasteiger partial charge on any atom is -0.392 e. The number of hydrogen-bond acceptors (Lipinski definition) is 4. The lowest BCUT2D eigenvalue weighted by Crippen LogP contribution is -2.02. The van der Waals surface area contributed by atoms with Crippen molar-refractivity contribution in [3.8, 4) is 6.07 Å². The number of nitrogens with zero attached hydrogens (tertiary/aromatic N) is 1. The highest BCUT2D eigenvalue weighted by Gasteiger charge is 2.18. The molecule has 1 N–H and O–H groups in total. The molecule has 4 nitrogen and oxygen atoms in total. The molecule has 0 atom stereocenters. The topological polar surface area (TPSA) is 78.2 Å². The molecule has 0 aliphatic carbocycles. The molecule has 0 spiro atoms. The van der Waals surface area contributed by atoms with Gasteiger partial charge in [0.15, 0.2) is 0 Å². The van der Waals surface area contributed by atoms with E-state index in [1.54, 1.807) is 6.92 Å². The van der Waals surface area contributed by atoms with Crippen LogP contribution in [0.15, 0.2) is 17.0 Å². The fourth-order valence-corrected chi connectivity index (χ4v) is 2.73. The van der Waals surface area contributed by atoms with E-state index in [0.717, 1.165) is 0 Å². The first-order valence-electron chi connectivity index (χ1n) is 4.55. The second kappa shape index (κ2) is 4.83. The van der Waals surface area contributed by atoms with E-state index in [1.165, 1.54) is 12.1 Å². The quantitative estimate of drug-likeness (QED) is 0.835. The van der Waals surface area contributed by atoms with Crippen LogP contribution < -0.4 is 0 Å². The lowest BCUT2D eigenvalue weighted by Gasteiger charge is -2.08. The van der Waals surface area contributed by atoms with E-state index in [0.29, 0.717) is 17.5 Å². The monoisotopic (exact) mass is 259 g/mol. The van der Waals surface area contributed by atoms with Crippen LogP contribution >= 0.6 is 10.7 Å². The van der Waals surface area contributed by atoms with Gasteiger partial charge in [0.05, 0.1) is 23.1 Å². The second-order valence-electron chi connectivity index (χ2n) is 3.18. The molecule has 0 radical (unpaired) electrons. The van der Waals surface area contributed by atoms with Gasteiger partial charge in [-0.05, 0) is 29.7 Å². The van der Waals surface area contributed by atoms with Gasteiger partial charge in [-0.15, -0.1) is 0 Å². The number of aliphatic hydroxyl groups is 1. The molecule has 0 amide bonds. The lowest BCUT2D eigenvalue weighted by atomic mass is 10.0. The van der Waals surface area contributed by atoms with Crippen molar-refractivity contribution in [3.05, 3.63) is 28.8 Å². The van der Waals surface area contributed by atoms with Gasteiger partial charge in [-0.3, -0.25) is 0 Å². The summed E-state index contributed by atoms with van der Waals surface area (Å²) in [4.78, 5) is -0.0974. The Balaban J connectivity index is 3.65. The Morgan fingerprint density at radius 3 is 2.50 bits per heavy atom. The third kappa shape index (κ3) is 2.53. The molecule has 0 aliphatic rings. The molecular weight excluding hydrogens is 250 g/mol.